The van der Waals surface area contributed by atoms with Gasteiger partial charge in [-0.25, -0.2) is 4.39 Å². The van der Waals surface area contributed by atoms with Gasteiger partial charge in [-0.2, -0.15) is 0 Å². The number of hydrogen-bond donors (Lipinski definition) is 1. The Morgan fingerprint density at radius 3 is 2.50 bits per heavy atom. The Labute approximate surface area is 151 Å². The molecule has 1 heterocycles. The van der Waals surface area contributed by atoms with Crippen LogP contribution in [0.3, 0.4) is 0 Å². The minimum absolute atomic E-state index is 0.0766. The highest BCUT2D eigenvalue weighted by Crippen LogP contribution is 2.24. The molecule has 2 aromatic rings. The van der Waals surface area contributed by atoms with Crippen molar-refractivity contribution in [1.82, 2.24) is 4.90 Å². The first-order chi connectivity index (χ1) is 12.6. The third kappa shape index (κ3) is 3.85. The Kier molecular flexibility index (Phi) is 5.51. The van der Waals surface area contributed by atoms with Crippen molar-refractivity contribution in [1.29, 1.82) is 0 Å². The molecule has 6 heteroatoms. The van der Waals surface area contributed by atoms with Crippen molar-refractivity contribution >= 4 is 17.5 Å². The maximum absolute atomic E-state index is 13.5. The Morgan fingerprint density at radius 2 is 1.77 bits per heavy atom. The number of halogens is 1. The molecule has 26 heavy (non-hydrogen) atoms. The van der Waals surface area contributed by atoms with Crippen LogP contribution in [0.15, 0.2) is 42.5 Å². The first kappa shape index (κ1) is 17.9. The number of carbonyl (C=O) groups excluding carboxylic acids is 2. The lowest BCUT2D eigenvalue weighted by Gasteiger charge is -2.27. The van der Waals surface area contributed by atoms with Crippen LogP contribution in [0.4, 0.5) is 10.1 Å². The van der Waals surface area contributed by atoms with Gasteiger partial charge >= 0.3 is 0 Å². The molecule has 0 radical (unpaired) electrons. The second kappa shape index (κ2) is 7.99. The van der Waals surface area contributed by atoms with Crippen LogP contribution in [-0.4, -0.2) is 36.9 Å². The van der Waals surface area contributed by atoms with E-state index in [4.69, 9.17) is 4.74 Å². The molecule has 3 rings (SSSR count). The zero-order valence-electron chi connectivity index (χ0n) is 14.6. The number of hydrogen-bond acceptors (Lipinski definition) is 3. The second-order valence-corrected chi connectivity index (χ2v) is 6.20. The fraction of sp³-hybridized carbons (Fsp3) is 0.300. The van der Waals surface area contributed by atoms with Gasteiger partial charge in [-0.3, -0.25) is 9.59 Å². The van der Waals surface area contributed by atoms with Crippen molar-refractivity contribution in [2.24, 2.45) is 0 Å². The van der Waals surface area contributed by atoms with Gasteiger partial charge in [0.1, 0.15) is 11.6 Å². The van der Waals surface area contributed by atoms with Crippen molar-refractivity contribution in [3.63, 3.8) is 0 Å². The van der Waals surface area contributed by atoms with Gasteiger partial charge < -0.3 is 15.0 Å². The number of benzene rings is 2. The number of rotatable bonds is 4. The topological polar surface area (TPSA) is 58.6 Å². The van der Waals surface area contributed by atoms with Crippen molar-refractivity contribution in [2.75, 3.05) is 25.5 Å². The molecule has 1 N–H and O–H groups in total. The smallest absolute Gasteiger partial charge is 0.259 e. The van der Waals surface area contributed by atoms with E-state index in [2.05, 4.69) is 5.32 Å². The van der Waals surface area contributed by atoms with Crippen LogP contribution in [-0.2, 0) is 0 Å². The third-order valence-corrected chi connectivity index (χ3v) is 4.46. The summed E-state index contributed by atoms with van der Waals surface area (Å²) in [5.41, 5.74) is 0.908. The summed E-state index contributed by atoms with van der Waals surface area (Å²) in [4.78, 5) is 27.2. The lowest BCUT2D eigenvalue weighted by molar-refractivity contribution is 0.0725. The molecule has 0 aromatic heterocycles. The van der Waals surface area contributed by atoms with Gasteiger partial charge in [0, 0.05) is 13.1 Å². The first-order valence-electron chi connectivity index (χ1n) is 8.63. The summed E-state index contributed by atoms with van der Waals surface area (Å²) in [7, 11) is 1.41. The number of methoxy groups -OCH3 is 1. The summed E-state index contributed by atoms with van der Waals surface area (Å²) in [5, 5.41) is 2.72. The average molecular weight is 356 g/mol. The number of para-hydroxylation sites is 1. The molecular formula is C20H21FN2O3. The standard InChI is InChI=1S/C20H21FN2O3/c1-26-18-10-9-14(21)13-16(18)19(24)22-17-8-4-3-7-15(17)20(25)23-11-5-2-6-12-23/h3-4,7-10,13H,2,5-6,11-12H2,1H3,(H,22,24). The largest absolute Gasteiger partial charge is 0.496 e. The van der Waals surface area contributed by atoms with E-state index in [1.807, 2.05) is 0 Å². The minimum Gasteiger partial charge on any atom is -0.496 e. The number of anilines is 1. The summed E-state index contributed by atoms with van der Waals surface area (Å²) < 4.78 is 18.7. The number of nitrogens with zero attached hydrogens (tertiary/aromatic N) is 1. The van der Waals surface area contributed by atoms with E-state index in [9.17, 15) is 14.0 Å². The number of amides is 2. The van der Waals surface area contributed by atoms with Gasteiger partial charge in [0.05, 0.1) is 23.9 Å². The number of nitrogens with one attached hydrogen (secondary N) is 1. The SMILES string of the molecule is COc1ccc(F)cc1C(=O)Nc1ccccc1C(=O)N1CCCCC1. The maximum atomic E-state index is 13.5. The van der Waals surface area contributed by atoms with Gasteiger partial charge in [0.15, 0.2) is 0 Å². The molecule has 5 nitrogen and oxygen atoms in total. The van der Waals surface area contributed by atoms with Gasteiger partial charge in [-0.15, -0.1) is 0 Å². The van der Waals surface area contributed by atoms with E-state index in [-0.39, 0.29) is 17.2 Å². The summed E-state index contributed by atoms with van der Waals surface area (Å²) in [6.07, 6.45) is 3.10. The van der Waals surface area contributed by atoms with E-state index in [0.717, 1.165) is 38.4 Å². The van der Waals surface area contributed by atoms with Crippen molar-refractivity contribution < 1.29 is 18.7 Å². The molecule has 1 saturated heterocycles. The van der Waals surface area contributed by atoms with E-state index >= 15 is 0 Å². The number of ether oxygens (including phenoxy) is 1. The van der Waals surface area contributed by atoms with E-state index < -0.39 is 11.7 Å². The summed E-state index contributed by atoms with van der Waals surface area (Å²) in [6, 6.07) is 10.6. The quantitative estimate of drug-likeness (QED) is 0.908. The fourth-order valence-corrected chi connectivity index (χ4v) is 3.09. The highest BCUT2D eigenvalue weighted by atomic mass is 19.1. The second-order valence-electron chi connectivity index (χ2n) is 6.20. The third-order valence-electron chi connectivity index (χ3n) is 4.46. The molecule has 0 atom stereocenters. The zero-order chi connectivity index (χ0) is 18.5. The number of likely N-dealkylation sites (tertiary alicyclic amines) is 1. The van der Waals surface area contributed by atoms with E-state index in [1.165, 1.54) is 19.2 Å². The van der Waals surface area contributed by atoms with E-state index in [1.54, 1.807) is 29.2 Å². The van der Waals surface area contributed by atoms with Crippen LogP contribution < -0.4 is 10.1 Å². The van der Waals surface area contributed by atoms with Crippen molar-refractivity contribution in [2.45, 2.75) is 19.3 Å². The molecule has 1 aliphatic rings. The van der Waals surface area contributed by atoms with Crippen LogP contribution in [0.25, 0.3) is 0 Å². The summed E-state index contributed by atoms with van der Waals surface area (Å²) in [5.74, 6) is -0.899. The maximum Gasteiger partial charge on any atom is 0.259 e. The predicted molar refractivity (Wildman–Crippen MR) is 97.1 cm³/mol. The van der Waals surface area contributed by atoms with Gasteiger partial charge in [0.25, 0.3) is 11.8 Å². The lowest BCUT2D eigenvalue weighted by Crippen LogP contribution is -2.36. The summed E-state index contributed by atoms with van der Waals surface area (Å²) >= 11 is 0. The minimum atomic E-state index is -0.534. The summed E-state index contributed by atoms with van der Waals surface area (Å²) in [6.45, 7) is 1.44. The monoisotopic (exact) mass is 356 g/mol. The number of piperidine rings is 1. The molecule has 2 amide bonds. The van der Waals surface area contributed by atoms with Gasteiger partial charge in [-0.05, 0) is 49.6 Å². The highest BCUT2D eigenvalue weighted by molar-refractivity contribution is 6.10. The highest BCUT2D eigenvalue weighted by Gasteiger charge is 2.22. The Hall–Kier alpha value is -2.89. The van der Waals surface area contributed by atoms with Gasteiger partial charge in [0.2, 0.25) is 0 Å². The van der Waals surface area contributed by atoms with Crippen LogP contribution >= 0.6 is 0 Å². The average Bonchev–Trinajstić information content (AvgIpc) is 2.68. The molecule has 1 fully saturated rings. The van der Waals surface area contributed by atoms with Crippen LogP contribution in [0.5, 0.6) is 5.75 Å². The molecule has 2 aromatic carbocycles. The van der Waals surface area contributed by atoms with Crippen LogP contribution in [0.2, 0.25) is 0 Å². The van der Waals surface area contributed by atoms with E-state index in [0.29, 0.717) is 11.3 Å². The molecule has 1 aliphatic heterocycles. The normalized spacial score (nSPS) is 14.0. The predicted octanol–water partition coefficient (Wildman–Crippen LogP) is 3.71. The van der Waals surface area contributed by atoms with Crippen LogP contribution in [0, 0.1) is 5.82 Å². The van der Waals surface area contributed by atoms with Crippen molar-refractivity contribution in [3.8, 4) is 5.75 Å². The lowest BCUT2D eigenvalue weighted by atomic mass is 10.1. The molecule has 0 bridgehead atoms. The molecule has 0 unspecified atom stereocenters. The Morgan fingerprint density at radius 1 is 1.04 bits per heavy atom. The number of carbonyl (C=O) groups is 2. The Balaban J connectivity index is 1.85. The zero-order valence-corrected chi connectivity index (χ0v) is 14.6. The first-order valence-corrected chi connectivity index (χ1v) is 8.63. The van der Waals surface area contributed by atoms with Crippen LogP contribution in [0.1, 0.15) is 40.0 Å². The van der Waals surface area contributed by atoms with Gasteiger partial charge in [-0.1, -0.05) is 12.1 Å². The molecular weight excluding hydrogens is 335 g/mol. The van der Waals surface area contributed by atoms with Crippen molar-refractivity contribution in [3.05, 3.63) is 59.4 Å². The Bertz CT molecular complexity index is 816. The molecule has 136 valence electrons. The molecule has 0 saturated carbocycles. The molecule has 0 spiro atoms. The fourth-order valence-electron chi connectivity index (χ4n) is 3.09. The molecule has 0 aliphatic carbocycles.